The molecular weight excluding hydrogens is 285 g/mol. The predicted molar refractivity (Wildman–Crippen MR) is 73.6 cm³/mol. The van der Waals surface area contributed by atoms with Crippen LogP contribution in [0.2, 0.25) is 5.02 Å². The monoisotopic (exact) mass is 295 g/mol. The van der Waals surface area contributed by atoms with Gasteiger partial charge in [0, 0.05) is 11.1 Å². The van der Waals surface area contributed by atoms with E-state index in [1.54, 1.807) is 18.2 Å². The Kier molecular flexibility index (Phi) is 4.20. The van der Waals surface area contributed by atoms with Crippen molar-refractivity contribution in [3.8, 4) is 5.75 Å². The van der Waals surface area contributed by atoms with Gasteiger partial charge in [-0.15, -0.1) is 0 Å². The lowest BCUT2D eigenvalue weighted by Crippen LogP contribution is -2.02. The number of nitrogens with zero attached hydrogens (tertiary/aromatic N) is 1. The van der Waals surface area contributed by atoms with Crippen LogP contribution in [0.5, 0.6) is 5.75 Å². The van der Waals surface area contributed by atoms with Crippen LogP contribution in [0.4, 0.5) is 10.1 Å². The van der Waals surface area contributed by atoms with Crippen molar-refractivity contribution in [2.75, 3.05) is 0 Å². The first-order valence-corrected chi connectivity index (χ1v) is 6.17. The van der Waals surface area contributed by atoms with Crippen molar-refractivity contribution in [2.45, 2.75) is 13.5 Å². The molecule has 0 radical (unpaired) electrons. The molecule has 2 rings (SSSR count). The van der Waals surface area contributed by atoms with Crippen LogP contribution >= 0.6 is 11.6 Å². The van der Waals surface area contributed by atoms with Crippen LogP contribution in [0.1, 0.15) is 11.1 Å². The van der Waals surface area contributed by atoms with Gasteiger partial charge in [-0.3, -0.25) is 10.1 Å². The molecule has 0 aliphatic carbocycles. The van der Waals surface area contributed by atoms with E-state index in [0.717, 1.165) is 23.8 Å². The standard InChI is InChI=1S/C14H11ClFNO3/c1-9-2-3-11(15)7-14(9)20-8-10-6-12(16)4-5-13(10)17(18)19/h2-7H,8H2,1H3. The summed E-state index contributed by atoms with van der Waals surface area (Å²) >= 11 is 5.86. The summed E-state index contributed by atoms with van der Waals surface area (Å²) in [5.41, 5.74) is 0.842. The smallest absolute Gasteiger partial charge is 0.276 e. The topological polar surface area (TPSA) is 52.4 Å². The second-order valence-electron chi connectivity index (χ2n) is 4.23. The lowest BCUT2D eigenvalue weighted by Gasteiger charge is -2.10. The molecular formula is C14H11ClFNO3. The Morgan fingerprint density at radius 3 is 2.75 bits per heavy atom. The minimum absolute atomic E-state index is 0.102. The molecule has 0 atom stereocenters. The van der Waals surface area contributed by atoms with E-state index in [-0.39, 0.29) is 17.9 Å². The van der Waals surface area contributed by atoms with E-state index in [1.165, 1.54) is 0 Å². The Hall–Kier alpha value is -2.14. The highest BCUT2D eigenvalue weighted by atomic mass is 35.5. The number of halogens is 2. The van der Waals surface area contributed by atoms with Crippen molar-refractivity contribution in [3.05, 3.63) is 68.5 Å². The highest BCUT2D eigenvalue weighted by Gasteiger charge is 2.15. The second kappa shape index (κ2) is 5.88. The van der Waals surface area contributed by atoms with Gasteiger partial charge in [0.1, 0.15) is 18.2 Å². The third kappa shape index (κ3) is 3.24. The SMILES string of the molecule is Cc1ccc(Cl)cc1OCc1cc(F)ccc1[N+](=O)[O-]. The van der Waals surface area contributed by atoms with Gasteiger partial charge in [0.05, 0.1) is 10.5 Å². The third-order valence-electron chi connectivity index (χ3n) is 2.77. The molecule has 0 aliphatic heterocycles. The molecule has 104 valence electrons. The Bertz CT molecular complexity index is 661. The molecule has 2 aromatic rings. The van der Waals surface area contributed by atoms with Gasteiger partial charge in [0.25, 0.3) is 5.69 Å². The van der Waals surface area contributed by atoms with E-state index >= 15 is 0 Å². The molecule has 0 N–H and O–H groups in total. The second-order valence-corrected chi connectivity index (χ2v) is 4.67. The lowest BCUT2D eigenvalue weighted by atomic mass is 10.2. The average molecular weight is 296 g/mol. The summed E-state index contributed by atoms with van der Waals surface area (Å²) in [6, 6.07) is 8.37. The van der Waals surface area contributed by atoms with Crippen molar-refractivity contribution >= 4 is 17.3 Å². The molecule has 2 aromatic carbocycles. The zero-order valence-electron chi connectivity index (χ0n) is 10.6. The van der Waals surface area contributed by atoms with Gasteiger partial charge in [-0.2, -0.15) is 0 Å². The van der Waals surface area contributed by atoms with Crippen LogP contribution in [-0.2, 0) is 6.61 Å². The molecule has 0 bridgehead atoms. The molecule has 0 saturated carbocycles. The summed E-state index contributed by atoms with van der Waals surface area (Å²) in [6.07, 6.45) is 0. The Morgan fingerprint density at radius 2 is 2.05 bits per heavy atom. The van der Waals surface area contributed by atoms with Gasteiger partial charge in [0.15, 0.2) is 0 Å². The highest BCUT2D eigenvalue weighted by Crippen LogP contribution is 2.26. The van der Waals surface area contributed by atoms with E-state index in [0.29, 0.717) is 10.8 Å². The van der Waals surface area contributed by atoms with Crippen molar-refractivity contribution in [1.29, 1.82) is 0 Å². The number of rotatable bonds is 4. The number of benzene rings is 2. The number of nitro benzene ring substituents is 1. The van der Waals surface area contributed by atoms with Gasteiger partial charge in [-0.05, 0) is 36.8 Å². The molecule has 0 unspecified atom stereocenters. The first-order chi connectivity index (χ1) is 9.47. The number of nitro groups is 1. The van der Waals surface area contributed by atoms with Crippen molar-refractivity contribution in [1.82, 2.24) is 0 Å². The number of aryl methyl sites for hydroxylation is 1. The van der Waals surface area contributed by atoms with Crippen molar-refractivity contribution < 1.29 is 14.1 Å². The maximum absolute atomic E-state index is 13.2. The quantitative estimate of drug-likeness (QED) is 0.625. The van der Waals surface area contributed by atoms with Gasteiger partial charge in [0.2, 0.25) is 0 Å². The molecule has 0 saturated heterocycles. The van der Waals surface area contributed by atoms with E-state index in [1.807, 2.05) is 6.92 Å². The van der Waals surface area contributed by atoms with E-state index in [2.05, 4.69) is 0 Å². The van der Waals surface area contributed by atoms with Crippen molar-refractivity contribution in [3.63, 3.8) is 0 Å². The van der Waals surface area contributed by atoms with Gasteiger partial charge < -0.3 is 4.74 Å². The Morgan fingerprint density at radius 1 is 1.30 bits per heavy atom. The first kappa shape index (κ1) is 14.3. The minimum atomic E-state index is -0.567. The maximum Gasteiger partial charge on any atom is 0.276 e. The van der Waals surface area contributed by atoms with Crippen LogP contribution < -0.4 is 4.74 Å². The normalized spacial score (nSPS) is 10.3. The average Bonchev–Trinajstić information content (AvgIpc) is 2.39. The third-order valence-corrected chi connectivity index (χ3v) is 3.01. The molecule has 0 aliphatic rings. The fourth-order valence-electron chi connectivity index (χ4n) is 1.73. The molecule has 0 amide bonds. The molecule has 20 heavy (non-hydrogen) atoms. The van der Waals surface area contributed by atoms with Crippen LogP contribution in [0.15, 0.2) is 36.4 Å². The summed E-state index contributed by atoms with van der Waals surface area (Å²) in [5.74, 6) is -0.0342. The zero-order chi connectivity index (χ0) is 14.7. The van der Waals surface area contributed by atoms with E-state index in [9.17, 15) is 14.5 Å². The van der Waals surface area contributed by atoms with E-state index < -0.39 is 10.7 Å². The maximum atomic E-state index is 13.2. The van der Waals surface area contributed by atoms with Gasteiger partial charge in [-0.1, -0.05) is 17.7 Å². The van der Waals surface area contributed by atoms with Crippen LogP contribution in [0.3, 0.4) is 0 Å². The number of hydrogen-bond acceptors (Lipinski definition) is 3. The minimum Gasteiger partial charge on any atom is -0.488 e. The molecule has 0 aromatic heterocycles. The zero-order valence-corrected chi connectivity index (χ0v) is 11.4. The lowest BCUT2D eigenvalue weighted by molar-refractivity contribution is -0.385. The fourth-order valence-corrected chi connectivity index (χ4v) is 1.89. The van der Waals surface area contributed by atoms with Crippen LogP contribution in [-0.4, -0.2) is 4.92 Å². The summed E-state index contributed by atoms with van der Waals surface area (Å²) in [7, 11) is 0. The number of hydrogen-bond donors (Lipinski definition) is 0. The van der Waals surface area contributed by atoms with Crippen molar-refractivity contribution in [2.24, 2.45) is 0 Å². The highest BCUT2D eigenvalue weighted by molar-refractivity contribution is 6.30. The van der Waals surface area contributed by atoms with E-state index in [4.69, 9.17) is 16.3 Å². The Balaban J connectivity index is 2.24. The van der Waals surface area contributed by atoms with Crippen LogP contribution in [0.25, 0.3) is 0 Å². The molecule has 0 spiro atoms. The fraction of sp³-hybridized carbons (Fsp3) is 0.143. The summed E-state index contributed by atoms with van der Waals surface area (Å²) in [4.78, 5) is 10.3. The first-order valence-electron chi connectivity index (χ1n) is 5.79. The van der Waals surface area contributed by atoms with Gasteiger partial charge in [-0.25, -0.2) is 4.39 Å². The summed E-state index contributed by atoms with van der Waals surface area (Å²) in [6.45, 7) is 1.72. The molecule has 0 fully saturated rings. The number of ether oxygens (including phenoxy) is 1. The molecule has 4 nitrogen and oxygen atoms in total. The molecule has 0 heterocycles. The summed E-state index contributed by atoms with van der Waals surface area (Å²) < 4.78 is 18.7. The summed E-state index contributed by atoms with van der Waals surface area (Å²) in [5, 5.41) is 11.4. The Labute approximate surface area is 119 Å². The van der Waals surface area contributed by atoms with Gasteiger partial charge >= 0.3 is 0 Å². The molecule has 6 heteroatoms. The predicted octanol–water partition coefficient (Wildman–Crippen LogP) is 4.27. The largest absolute Gasteiger partial charge is 0.488 e. The van der Waals surface area contributed by atoms with Crippen LogP contribution in [0, 0.1) is 22.9 Å².